The van der Waals surface area contributed by atoms with Crippen molar-refractivity contribution in [2.24, 2.45) is 0 Å². The first-order chi connectivity index (χ1) is 15.1. The first-order valence-corrected chi connectivity index (χ1v) is 12.7. The summed E-state index contributed by atoms with van der Waals surface area (Å²) in [5.41, 5.74) is 2.66. The van der Waals surface area contributed by atoms with E-state index in [2.05, 4.69) is 0 Å². The summed E-state index contributed by atoms with van der Waals surface area (Å²) in [6, 6.07) is 30.6. The zero-order chi connectivity index (χ0) is 21.0. The summed E-state index contributed by atoms with van der Waals surface area (Å²) in [5.74, 6) is 0. The number of hydrogen-bond donors (Lipinski definition) is 0. The van der Waals surface area contributed by atoms with Crippen molar-refractivity contribution in [3.63, 3.8) is 0 Å². The molecule has 0 unspecified atom stereocenters. The van der Waals surface area contributed by atoms with Crippen molar-refractivity contribution < 1.29 is 8.42 Å². The Morgan fingerprint density at radius 2 is 0.710 bits per heavy atom. The monoisotopic (exact) mass is 460 g/mol. The molecule has 2 heterocycles. The maximum absolute atomic E-state index is 14.4. The van der Waals surface area contributed by atoms with Crippen molar-refractivity contribution in [3.05, 3.63) is 97.1 Å². The summed E-state index contributed by atoms with van der Waals surface area (Å²) >= 11 is 3.18. The molecule has 0 amide bonds. The van der Waals surface area contributed by atoms with Gasteiger partial charge in [-0.2, -0.15) is 8.42 Å². The van der Waals surface area contributed by atoms with Crippen LogP contribution in [0.5, 0.6) is 0 Å². The molecule has 0 aliphatic carbocycles. The van der Waals surface area contributed by atoms with Crippen LogP contribution in [0.2, 0.25) is 0 Å². The normalized spacial score (nSPS) is 14.3. The summed E-state index contributed by atoms with van der Waals surface area (Å²) in [5, 5.41) is 0. The second-order valence-corrected chi connectivity index (χ2v) is 10.9. The molecule has 4 aromatic rings. The molecule has 0 fully saturated rings. The maximum Gasteiger partial charge on any atom is 0.335 e. The van der Waals surface area contributed by atoms with Gasteiger partial charge in [0.2, 0.25) is 0 Å². The van der Waals surface area contributed by atoms with E-state index in [0.717, 1.165) is 19.6 Å². The van der Waals surface area contributed by atoms with Crippen LogP contribution in [0.25, 0.3) is 0 Å². The molecule has 31 heavy (non-hydrogen) atoms. The van der Waals surface area contributed by atoms with Crippen LogP contribution in [-0.2, 0) is 10.2 Å². The lowest BCUT2D eigenvalue weighted by Gasteiger charge is -2.38. The highest BCUT2D eigenvalue weighted by molar-refractivity contribution is 8.01. The topological polar surface area (TPSA) is 40.6 Å². The van der Waals surface area contributed by atoms with Gasteiger partial charge in [-0.25, -0.2) is 8.61 Å². The molecule has 0 N–H and O–H groups in total. The summed E-state index contributed by atoms with van der Waals surface area (Å²) in [6.07, 6.45) is 0. The van der Waals surface area contributed by atoms with Gasteiger partial charge >= 0.3 is 10.2 Å². The highest BCUT2D eigenvalue weighted by Gasteiger charge is 2.40. The van der Waals surface area contributed by atoms with Crippen LogP contribution in [0, 0.1) is 0 Å². The summed E-state index contributed by atoms with van der Waals surface area (Å²) in [4.78, 5) is 3.66. The van der Waals surface area contributed by atoms with Crippen molar-refractivity contribution in [3.8, 4) is 0 Å². The van der Waals surface area contributed by atoms with Crippen LogP contribution >= 0.6 is 23.5 Å². The lowest BCUT2D eigenvalue weighted by Crippen LogP contribution is -2.41. The molecular formula is C24H16N2O2S3. The van der Waals surface area contributed by atoms with E-state index in [1.807, 2.05) is 97.1 Å². The smallest absolute Gasteiger partial charge is 0.219 e. The fourth-order valence-electron chi connectivity index (χ4n) is 3.92. The van der Waals surface area contributed by atoms with Gasteiger partial charge in [-0.05, 0) is 48.5 Å². The lowest BCUT2D eigenvalue weighted by atomic mass is 10.2. The average molecular weight is 461 g/mol. The van der Waals surface area contributed by atoms with Crippen LogP contribution in [-0.4, -0.2) is 8.42 Å². The average Bonchev–Trinajstić information content (AvgIpc) is 2.80. The number of para-hydroxylation sites is 4. The minimum absolute atomic E-state index is 0.666. The van der Waals surface area contributed by atoms with Crippen molar-refractivity contribution >= 4 is 56.5 Å². The number of benzene rings is 4. The van der Waals surface area contributed by atoms with Gasteiger partial charge in [0.15, 0.2) is 0 Å². The predicted molar refractivity (Wildman–Crippen MR) is 127 cm³/mol. The molecule has 4 nitrogen and oxygen atoms in total. The predicted octanol–water partition coefficient (Wildman–Crippen LogP) is 6.84. The zero-order valence-electron chi connectivity index (χ0n) is 16.2. The highest BCUT2D eigenvalue weighted by Crippen LogP contribution is 2.54. The molecule has 4 aromatic carbocycles. The lowest BCUT2D eigenvalue weighted by molar-refractivity contribution is 0.595. The molecule has 7 heteroatoms. The van der Waals surface area contributed by atoms with Gasteiger partial charge in [-0.1, -0.05) is 72.1 Å². The van der Waals surface area contributed by atoms with Crippen LogP contribution in [0.1, 0.15) is 0 Å². The first kappa shape index (κ1) is 18.9. The number of nitrogens with zero attached hydrogens (tertiary/aromatic N) is 2. The highest BCUT2D eigenvalue weighted by atomic mass is 32.2. The quantitative estimate of drug-likeness (QED) is 0.328. The number of hydrogen-bond acceptors (Lipinski definition) is 4. The van der Waals surface area contributed by atoms with E-state index >= 15 is 0 Å². The summed E-state index contributed by atoms with van der Waals surface area (Å²) < 4.78 is 31.8. The third kappa shape index (κ3) is 2.88. The van der Waals surface area contributed by atoms with Gasteiger partial charge in [0.25, 0.3) is 0 Å². The molecule has 0 bridgehead atoms. The van der Waals surface area contributed by atoms with Crippen LogP contribution in [0.3, 0.4) is 0 Å². The van der Waals surface area contributed by atoms with Gasteiger partial charge in [0.05, 0.1) is 22.7 Å². The minimum Gasteiger partial charge on any atom is -0.219 e. The van der Waals surface area contributed by atoms with Gasteiger partial charge in [-0.15, -0.1) is 0 Å². The van der Waals surface area contributed by atoms with Gasteiger partial charge in [0, 0.05) is 19.6 Å². The Balaban J connectivity index is 1.63. The Bertz CT molecular complexity index is 1240. The molecule has 0 spiro atoms. The van der Waals surface area contributed by atoms with E-state index in [1.54, 1.807) is 23.5 Å². The summed E-state index contributed by atoms with van der Waals surface area (Å²) in [7, 11) is -4.00. The van der Waals surface area contributed by atoms with E-state index in [1.165, 1.54) is 8.61 Å². The molecule has 0 atom stereocenters. The van der Waals surface area contributed by atoms with Crippen molar-refractivity contribution in [1.82, 2.24) is 0 Å². The summed E-state index contributed by atoms with van der Waals surface area (Å²) in [6.45, 7) is 0. The number of anilines is 4. The second-order valence-electron chi connectivity index (χ2n) is 7.11. The van der Waals surface area contributed by atoms with E-state index in [4.69, 9.17) is 0 Å². The number of fused-ring (bicyclic) bond motifs is 4. The fraction of sp³-hybridized carbons (Fsp3) is 0. The standard InChI is InChI=1S/C24H16N2O2S3/c27-31(28,25-17-9-1-5-13-21(17)29-22-14-6-2-10-18(22)25)26-19-11-3-7-15-23(19)30-24-16-8-4-12-20(24)26/h1-16H. The molecule has 152 valence electrons. The molecule has 0 aromatic heterocycles. The Labute approximate surface area is 189 Å². The zero-order valence-corrected chi connectivity index (χ0v) is 18.6. The third-order valence-corrected chi connectivity index (χ3v) is 9.21. The molecule has 0 radical (unpaired) electrons. The van der Waals surface area contributed by atoms with Gasteiger partial charge in [0.1, 0.15) is 0 Å². The minimum atomic E-state index is -4.00. The van der Waals surface area contributed by atoms with Crippen molar-refractivity contribution in [2.45, 2.75) is 19.6 Å². The third-order valence-electron chi connectivity index (χ3n) is 5.24. The molecule has 6 rings (SSSR count). The van der Waals surface area contributed by atoms with E-state index in [9.17, 15) is 8.42 Å². The molecular weight excluding hydrogens is 444 g/mol. The fourth-order valence-corrected chi connectivity index (χ4v) is 8.06. The van der Waals surface area contributed by atoms with Crippen LogP contribution in [0.15, 0.2) is 117 Å². The Kier molecular flexibility index (Phi) is 4.31. The van der Waals surface area contributed by atoms with Crippen LogP contribution in [0.4, 0.5) is 22.7 Å². The van der Waals surface area contributed by atoms with E-state index in [-0.39, 0.29) is 0 Å². The maximum atomic E-state index is 14.4. The molecule has 2 aliphatic heterocycles. The number of rotatable bonds is 2. The Morgan fingerprint density at radius 1 is 0.452 bits per heavy atom. The van der Waals surface area contributed by atoms with E-state index < -0.39 is 10.2 Å². The van der Waals surface area contributed by atoms with E-state index in [0.29, 0.717) is 22.7 Å². The Hall–Kier alpha value is -2.87. The molecule has 2 aliphatic rings. The van der Waals surface area contributed by atoms with Gasteiger partial charge in [-0.3, -0.25) is 0 Å². The van der Waals surface area contributed by atoms with Crippen molar-refractivity contribution in [1.29, 1.82) is 0 Å². The Morgan fingerprint density at radius 3 is 1.00 bits per heavy atom. The second kappa shape index (κ2) is 7.09. The van der Waals surface area contributed by atoms with Gasteiger partial charge < -0.3 is 0 Å². The molecule has 0 saturated carbocycles. The van der Waals surface area contributed by atoms with Crippen molar-refractivity contribution in [2.75, 3.05) is 8.61 Å². The first-order valence-electron chi connectivity index (χ1n) is 9.72. The largest absolute Gasteiger partial charge is 0.335 e. The molecule has 0 saturated heterocycles. The SMILES string of the molecule is O=S(=O)(N1c2ccccc2Sc2ccccc21)N1c2ccccc2Sc2ccccc21. The van der Waals surface area contributed by atoms with Crippen LogP contribution < -0.4 is 8.61 Å².